The van der Waals surface area contributed by atoms with Gasteiger partial charge in [-0.1, -0.05) is 11.6 Å². The summed E-state index contributed by atoms with van der Waals surface area (Å²) < 4.78 is 55.3. The Morgan fingerprint density at radius 1 is 1.23 bits per heavy atom. The van der Waals surface area contributed by atoms with Crippen molar-refractivity contribution in [2.45, 2.75) is 24.5 Å². The van der Waals surface area contributed by atoms with E-state index in [-0.39, 0.29) is 31.3 Å². The largest absolute Gasteiger partial charge is 0.480 e. The Labute approximate surface area is 179 Å². The molecule has 2 heterocycles. The van der Waals surface area contributed by atoms with Crippen LogP contribution in [0.4, 0.5) is 17.6 Å². The molecule has 0 aliphatic rings. The molecule has 1 aromatic carbocycles. The highest BCUT2D eigenvalue weighted by molar-refractivity contribution is 6.34. The van der Waals surface area contributed by atoms with Gasteiger partial charge >= 0.3 is 17.8 Å². The third kappa shape index (κ3) is 3.81. The molecule has 31 heavy (non-hydrogen) atoms. The predicted molar refractivity (Wildman–Crippen MR) is 103 cm³/mol. The molecule has 2 aromatic heterocycles. The van der Waals surface area contributed by atoms with Crippen LogP contribution in [0.15, 0.2) is 27.8 Å². The first-order valence-electron chi connectivity index (χ1n) is 8.40. The van der Waals surface area contributed by atoms with Crippen LogP contribution in [0.25, 0.3) is 16.6 Å². The normalized spacial score (nSPS) is 14.1. The van der Waals surface area contributed by atoms with E-state index >= 15 is 0 Å². The fourth-order valence-electron chi connectivity index (χ4n) is 3.04. The molecule has 166 valence electrons. The number of hydrogen-bond acceptors (Lipinski definition) is 4. The standard InChI is InChI=1S/C17H12Cl2F4N4O4/c1-6(13(18)15(29)30)27-9-4-10(8(20)3-7(9)14(19)24-27)26-12(28)5-11(17(21,22)23)25(2)16(26)31/h3-6,13H,1-2H3,(H,29,30). The minimum Gasteiger partial charge on any atom is -0.480 e. The first-order valence-corrected chi connectivity index (χ1v) is 9.22. The number of nitrogens with zero attached hydrogens (tertiary/aromatic N) is 4. The first kappa shape index (κ1) is 22.8. The molecule has 2 unspecified atom stereocenters. The summed E-state index contributed by atoms with van der Waals surface area (Å²) in [6.45, 7) is 1.39. The van der Waals surface area contributed by atoms with Gasteiger partial charge in [-0.2, -0.15) is 18.3 Å². The summed E-state index contributed by atoms with van der Waals surface area (Å²) in [6, 6.07) is 0.954. The van der Waals surface area contributed by atoms with E-state index in [1.807, 2.05) is 0 Å². The van der Waals surface area contributed by atoms with E-state index in [1.54, 1.807) is 0 Å². The zero-order valence-corrected chi connectivity index (χ0v) is 17.1. The number of rotatable bonds is 4. The van der Waals surface area contributed by atoms with Gasteiger partial charge in [-0.25, -0.2) is 13.8 Å². The number of carboxylic acid groups (broad SMARTS) is 1. The number of aromatic nitrogens is 4. The molecule has 0 bridgehead atoms. The Morgan fingerprint density at radius 2 is 1.84 bits per heavy atom. The third-order valence-corrected chi connectivity index (χ3v) is 5.46. The van der Waals surface area contributed by atoms with E-state index in [9.17, 15) is 31.9 Å². The Hall–Kier alpha value is -2.86. The van der Waals surface area contributed by atoms with Gasteiger partial charge in [0.1, 0.15) is 11.5 Å². The molecule has 1 N–H and O–H groups in total. The van der Waals surface area contributed by atoms with E-state index in [1.165, 1.54) is 6.92 Å². The maximum absolute atomic E-state index is 14.8. The van der Waals surface area contributed by atoms with Crippen molar-refractivity contribution in [3.63, 3.8) is 0 Å². The average molecular weight is 483 g/mol. The van der Waals surface area contributed by atoms with E-state index in [0.29, 0.717) is 0 Å². The molecular formula is C17H12Cl2F4N4O4. The van der Waals surface area contributed by atoms with Crippen LogP contribution in [-0.2, 0) is 18.0 Å². The number of fused-ring (bicyclic) bond motifs is 1. The second kappa shape index (κ2) is 7.68. The molecule has 2 atom stereocenters. The maximum atomic E-state index is 14.8. The van der Waals surface area contributed by atoms with Crippen molar-refractivity contribution in [1.82, 2.24) is 18.9 Å². The molecule has 0 amide bonds. The van der Waals surface area contributed by atoms with Gasteiger partial charge in [-0.05, 0) is 19.1 Å². The minimum absolute atomic E-state index is 0.00894. The summed E-state index contributed by atoms with van der Waals surface area (Å²) in [5.41, 5.74) is -5.02. The van der Waals surface area contributed by atoms with Gasteiger partial charge in [0, 0.05) is 18.5 Å². The number of hydrogen-bond donors (Lipinski definition) is 1. The molecule has 3 aromatic rings. The van der Waals surface area contributed by atoms with E-state index in [4.69, 9.17) is 28.3 Å². The van der Waals surface area contributed by atoms with Crippen molar-refractivity contribution in [1.29, 1.82) is 0 Å². The molecule has 0 fully saturated rings. The molecule has 8 nitrogen and oxygen atoms in total. The van der Waals surface area contributed by atoms with Crippen molar-refractivity contribution >= 4 is 40.1 Å². The quantitative estimate of drug-likeness (QED) is 0.455. The zero-order valence-electron chi connectivity index (χ0n) is 15.6. The van der Waals surface area contributed by atoms with Crippen LogP contribution < -0.4 is 11.2 Å². The van der Waals surface area contributed by atoms with Crippen LogP contribution in [0.3, 0.4) is 0 Å². The fourth-order valence-corrected chi connectivity index (χ4v) is 3.38. The number of alkyl halides is 4. The Morgan fingerprint density at radius 3 is 2.39 bits per heavy atom. The first-order chi connectivity index (χ1) is 14.3. The molecule has 0 aliphatic heterocycles. The van der Waals surface area contributed by atoms with Gasteiger partial charge in [-0.3, -0.25) is 18.8 Å². The molecule has 3 rings (SSSR count). The monoisotopic (exact) mass is 482 g/mol. The molecule has 0 saturated carbocycles. The Balaban J connectivity index is 2.33. The number of benzene rings is 1. The van der Waals surface area contributed by atoms with Crippen molar-refractivity contribution in [3.8, 4) is 5.69 Å². The highest BCUT2D eigenvalue weighted by Gasteiger charge is 2.35. The summed E-state index contributed by atoms with van der Waals surface area (Å²) >= 11 is 11.8. The van der Waals surface area contributed by atoms with Crippen LogP contribution in [0.1, 0.15) is 18.7 Å². The van der Waals surface area contributed by atoms with Crippen molar-refractivity contribution in [3.05, 3.63) is 55.7 Å². The van der Waals surface area contributed by atoms with Gasteiger partial charge in [0.25, 0.3) is 5.56 Å². The number of carboxylic acids is 1. The Bertz CT molecular complexity index is 1330. The fraction of sp³-hybridized carbons (Fsp3) is 0.294. The van der Waals surface area contributed by atoms with Crippen LogP contribution >= 0.6 is 23.2 Å². The zero-order chi connectivity index (χ0) is 23.4. The van der Waals surface area contributed by atoms with Gasteiger partial charge < -0.3 is 5.11 Å². The molecule has 0 radical (unpaired) electrons. The molecule has 0 aliphatic carbocycles. The number of halogens is 6. The smallest absolute Gasteiger partial charge is 0.431 e. The SMILES string of the molecule is CC(C(Cl)C(=O)O)n1nc(Cl)c2cc(F)c(-n3c(=O)cc(C(F)(F)F)n(C)c3=O)cc21. The van der Waals surface area contributed by atoms with Crippen LogP contribution in [0.5, 0.6) is 0 Å². The maximum Gasteiger partial charge on any atom is 0.431 e. The van der Waals surface area contributed by atoms with E-state index < -0.39 is 52.0 Å². The van der Waals surface area contributed by atoms with Crippen LogP contribution in [0.2, 0.25) is 5.15 Å². The van der Waals surface area contributed by atoms with Crippen LogP contribution in [-0.4, -0.2) is 35.4 Å². The highest BCUT2D eigenvalue weighted by Crippen LogP contribution is 2.31. The van der Waals surface area contributed by atoms with Crippen molar-refractivity contribution < 1.29 is 27.5 Å². The van der Waals surface area contributed by atoms with Crippen LogP contribution in [0, 0.1) is 5.82 Å². The summed E-state index contributed by atoms with van der Waals surface area (Å²) in [7, 11) is 0.783. The van der Waals surface area contributed by atoms with Gasteiger partial charge in [0.15, 0.2) is 10.5 Å². The lowest BCUT2D eigenvalue weighted by atomic mass is 10.2. The van der Waals surface area contributed by atoms with E-state index in [2.05, 4.69) is 5.10 Å². The van der Waals surface area contributed by atoms with Gasteiger partial charge in [0.2, 0.25) is 0 Å². The van der Waals surface area contributed by atoms with Crippen molar-refractivity contribution in [2.24, 2.45) is 7.05 Å². The lowest BCUT2D eigenvalue weighted by Crippen LogP contribution is -2.41. The lowest BCUT2D eigenvalue weighted by Gasteiger charge is -2.17. The lowest BCUT2D eigenvalue weighted by molar-refractivity contribution is -0.144. The molecule has 14 heteroatoms. The van der Waals surface area contributed by atoms with Gasteiger partial charge in [-0.15, -0.1) is 11.6 Å². The number of aliphatic carboxylic acids is 1. The molecule has 0 saturated heterocycles. The summed E-state index contributed by atoms with van der Waals surface area (Å²) in [5, 5.41) is 11.4. The van der Waals surface area contributed by atoms with Gasteiger partial charge in [0.05, 0.1) is 17.2 Å². The average Bonchev–Trinajstić information content (AvgIpc) is 2.98. The topological polar surface area (TPSA) is 99.1 Å². The third-order valence-electron chi connectivity index (χ3n) is 4.63. The summed E-state index contributed by atoms with van der Waals surface area (Å²) in [6.07, 6.45) is -4.98. The minimum atomic E-state index is -4.98. The second-order valence-electron chi connectivity index (χ2n) is 6.58. The summed E-state index contributed by atoms with van der Waals surface area (Å²) in [5.74, 6) is -2.51. The Kier molecular flexibility index (Phi) is 5.65. The summed E-state index contributed by atoms with van der Waals surface area (Å²) in [4.78, 5) is 36.0. The number of carbonyl (C=O) groups is 1. The molecule has 0 spiro atoms. The highest BCUT2D eigenvalue weighted by atomic mass is 35.5. The molecular weight excluding hydrogens is 471 g/mol. The second-order valence-corrected chi connectivity index (χ2v) is 7.41. The van der Waals surface area contributed by atoms with Crippen molar-refractivity contribution in [2.75, 3.05) is 0 Å². The predicted octanol–water partition coefficient (Wildman–Crippen LogP) is 2.95. The van der Waals surface area contributed by atoms with E-state index in [0.717, 1.165) is 23.9 Å².